The molecule has 1 rings (SSSR count). The summed E-state index contributed by atoms with van der Waals surface area (Å²) in [5.41, 5.74) is 1.15. The minimum Gasteiger partial charge on any atom is -0.385 e. The van der Waals surface area contributed by atoms with Gasteiger partial charge in [-0.3, -0.25) is 0 Å². The first-order valence-corrected chi connectivity index (χ1v) is 7.52. The molecule has 19 heavy (non-hydrogen) atoms. The first-order valence-electron chi connectivity index (χ1n) is 6.76. The Balaban J connectivity index is 2.87. The van der Waals surface area contributed by atoms with Crippen molar-refractivity contribution >= 4 is 23.2 Å². The molecule has 0 heterocycles. The summed E-state index contributed by atoms with van der Waals surface area (Å²) in [6, 6.07) is 6.00. The van der Waals surface area contributed by atoms with E-state index in [4.69, 9.17) is 27.9 Å². The highest BCUT2D eigenvalue weighted by atomic mass is 35.5. The van der Waals surface area contributed by atoms with Gasteiger partial charge < -0.3 is 10.1 Å². The first kappa shape index (κ1) is 16.8. The minimum atomic E-state index is 0.256. The Morgan fingerprint density at radius 2 is 1.84 bits per heavy atom. The van der Waals surface area contributed by atoms with Crippen molar-refractivity contribution in [1.29, 1.82) is 0 Å². The standard InChI is InChI=1S/C15H23Cl2NO/c1-4-6-18-15(11(2)5-7-19-3)12-8-13(16)10-14(17)9-12/h8-11,15,18H,4-7H2,1-3H3. The second-order valence-electron chi connectivity index (χ2n) is 4.89. The number of hydrogen-bond donors (Lipinski definition) is 1. The van der Waals surface area contributed by atoms with Crippen LogP contribution in [0.25, 0.3) is 0 Å². The van der Waals surface area contributed by atoms with Gasteiger partial charge in [0.05, 0.1) is 0 Å². The van der Waals surface area contributed by atoms with Gasteiger partial charge in [0.15, 0.2) is 0 Å². The average molecular weight is 304 g/mol. The molecule has 0 amide bonds. The van der Waals surface area contributed by atoms with Crippen LogP contribution < -0.4 is 5.32 Å². The smallest absolute Gasteiger partial charge is 0.0465 e. The fourth-order valence-corrected chi connectivity index (χ4v) is 2.72. The molecular weight excluding hydrogens is 281 g/mol. The monoisotopic (exact) mass is 303 g/mol. The molecule has 0 spiro atoms. The van der Waals surface area contributed by atoms with E-state index in [1.54, 1.807) is 13.2 Å². The van der Waals surface area contributed by atoms with Crippen LogP contribution in [0.1, 0.15) is 38.3 Å². The molecule has 0 aromatic heterocycles. The van der Waals surface area contributed by atoms with Crippen molar-refractivity contribution in [2.75, 3.05) is 20.3 Å². The van der Waals surface area contributed by atoms with Crippen LogP contribution in [0.3, 0.4) is 0 Å². The molecule has 1 aromatic rings. The molecule has 2 unspecified atom stereocenters. The first-order chi connectivity index (χ1) is 9.08. The van der Waals surface area contributed by atoms with Crippen LogP contribution in [-0.2, 0) is 4.74 Å². The molecule has 4 heteroatoms. The van der Waals surface area contributed by atoms with Crippen molar-refractivity contribution in [3.8, 4) is 0 Å². The number of hydrogen-bond acceptors (Lipinski definition) is 2. The van der Waals surface area contributed by atoms with Gasteiger partial charge in [-0.05, 0) is 49.1 Å². The Bertz CT molecular complexity index is 364. The van der Waals surface area contributed by atoms with Crippen LogP contribution >= 0.6 is 23.2 Å². The fraction of sp³-hybridized carbons (Fsp3) is 0.600. The summed E-state index contributed by atoms with van der Waals surface area (Å²) in [5, 5.41) is 4.95. The topological polar surface area (TPSA) is 21.3 Å². The van der Waals surface area contributed by atoms with E-state index >= 15 is 0 Å². The Kier molecular flexibility index (Phi) is 7.77. The van der Waals surface area contributed by atoms with Crippen LogP contribution in [0.4, 0.5) is 0 Å². The third-order valence-corrected chi connectivity index (χ3v) is 3.64. The van der Waals surface area contributed by atoms with Crippen molar-refractivity contribution in [2.45, 2.75) is 32.7 Å². The summed E-state index contributed by atoms with van der Waals surface area (Å²) in [6.45, 7) is 6.13. The van der Waals surface area contributed by atoms with Gasteiger partial charge in [0.2, 0.25) is 0 Å². The number of halogens is 2. The third kappa shape index (κ3) is 5.70. The van der Waals surface area contributed by atoms with Crippen molar-refractivity contribution < 1.29 is 4.74 Å². The summed E-state index contributed by atoms with van der Waals surface area (Å²) in [6.07, 6.45) is 2.10. The molecule has 0 bridgehead atoms. The number of methoxy groups -OCH3 is 1. The predicted octanol–water partition coefficient (Wildman–Crippen LogP) is 4.71. The molecule has 2 atom stereocenters. The number of nitrogens with one attached hydrogen (secondary N) is 1. The SMILES string of the molecule is CCCNC(c1cc(Cl)cc(Cl)c1)C(C)CCOC. The molecule has 0 fully saturated rings. The van der Waals surface area contributed by atoms with E-state index in [0.29, 0.717) is 16.0 Å². The van der Waals surface area contributed by atoms with E-state index in [1.165, 1.54) is 0 Å². The zero-order valence-electron chi connectivity index (χ0n) is 11.9. The zero-order chi connectivity index (χ0) is 14.3. The van der Waals surface area contributed by atoms with Gasteiger partial charge in [-0.25, -0.2) is 0 Å². The lowest BCUT2D eigenvalue weighted by molar-refractivity contribution is 0.170. The van der Waals surface area contributed by atoms with Gasteiger partial charge in [0.1, 0.15) is 0 Å². The lowest BCUT2D eigenvalue weighted by Gasteiger charge is -2.26. The molecule has 0 saturated carbocycles. The van der Waals surface area contributed by atoms with E-state index < -0.39 is 0 Å². The molecule has 0 aliphatic heterocycles. The Morgan fingerprint density at radius 1 is 1.21 bits per heavy atom. The van der Waals surface area contributed by atoms with Gasteiger partial charge in [-0.15, -0.1) is 0 Å². The maximum Gasteiger partial charge on any atom is 0.0465 e. The third-order valence-electron chi connectivity index (χ3n) is 3.20. The molecule has 0 radical (unpaired) electrons. The summed E-state index contributed by atoms with van der Waals surface area (Å²) < 4.78 is 5.17. The largest absolute Gasteiger partial charge is 0.385 e. The second-order valence-corrected chi connectivity index (χ2v) is 5.77. The Hall–Kier alpha value is -0.280. The van der Waals surface area contributed by atoms with Crippen molar-refractivity contribution in [3.63, 3.8) is 0 Å². The molecule has 2 nitrogen and oxygen atoms in total. The van der Waals surface area contributed by atoms with Gasteiger partial charge in [0, 0.05) is 29.8 Å². The zero-order valence-corrected chi connectivity index (χ0v) is 13.4. The number of benzene rings is 1. The predicted molar refractivity (Wildman–Crippen MR) is 83.2 cm³/mol. The van der Waals surface area contributed by atoms with E-state index in [1.807, 2.05) is 12.1 Å². The highest BCUT2D eigenvalue weighted by molar-refractivity contribution is 6.34. The average Bonchev–Trinajstić information content (AvgIpc) is 2.35. The van der Waals surface area contributed by atoms with Crippen LogP contribution in [0, 0.1) is 5.92 Å². The molecule has 0 saturated heterocycles. The molecule has 1 N–H and O–H groups in total. The van der Waals surface area contributed by atoms with Crippen LogP contribution in [0.5, 0.6) is 0 Å². The van der Waals surface area contributed by atoms with Crippen LogP contribution in [0.2, 0.25) is 10.0 Å². The van der Waals surface area contributed by atoms with Crippen LogP contribution in [-0.4, -0.2) is 20.3 Å². The maximum absolute atomic E-state index is 6.10. The number of ether oxygens (including phenoxy) is 1. The second kappa shape index (κ2) is 8.80. The van der Waals surface area contributed by atoms with Crippen LogP contribution in [0.15, 0.2) is 18.2 Å². The van der Waals surface area contributed by atoms with Gasteiger partial charge in [-0.1, -0.05) is 37.0 Å². The van der Waals surface area contributed by atoms with E-state index in [9.17, 15) is 0 Å². The van der Waals surface area contributed by atoms with Crippen molar-refractivity contribution in [2.24, 2.45) is 5.92 Å². The normalized spacial score (nSPS) is 14.4. The lowest BCUT2D eigenvalue weighted by Crippen LogP contribution is -2.28. The number of rotatable bonds is 8. The van der Waals surface area contributed by atoms with Crippen molar-refractivity contribution in [1.82, 2.24) is 5.32 Å². The van der Waals surface area contributed by atoms with Gasteiger partial charge >= 0.3 is 0 Å². The summed E-state index contributed by atoms with van der Waals surface area (Å²) in [7, 11) is 1.73. The molecule has 0 aliphatic carbocycles. The maximum atomic E-state index is 6.10. The minimum absolute atomic E-state index is 0.256. The molecule has 0 aliphatic rings. The summed E-state index contributed by atoms with van der Waals surface area (Å²) in [4.78, 5) is 0. The Morgan fingerprint density at radius 3 is 2.37 bits per heavy atom. The lowest BCUT2D eigenvalue weighted by atomic mass is 9.92. The highest BCUT2D eigenvalue weighted by Crippen LogP contribution is 2.29. The fourth-order valence-electron chi connectivity index (χ4n) is 2.17. The quantitative estimate of drug-likeness (QED) is 0.751. The summed E-state index contributed by atoms with van der Waals surface area (Å²) >= 11 is 12.2. The summed E-state index contributed by atoms with van der Waals surface area (Å²) in [5.74, 6) is 0.459. The van der Waals surface area contributed by atoms with Crippen molar-refractivity contribution in [3.05, 3.63) is 33.8 Å². The molecule has 1 aromatic carbocycles. The Labute approximate surface area is 126 Å². The van der Waals surface area contributed by atoms with Gasteiger partial charge in [0.25, 0.3) is 0 Å². The van der Waals surface area contributed by atoms with E-state index in [-0.39, 0.29) is 6.04 Å². The molecule has 108 valence electrons. The van der Waals surface area contributed by atoms with E-state index in [2.05, 4.69) is 19.2 Å². The highest BCUT2D eigenvalue weighted by Gasteiger charge is 2.19. The molecular formula is C15H23Cl2NO. The van der Waals surface area contributed by atoms with Gasteiger partial charge in [-0.2, -0.15) is 0 Å². The van der Waals surface area contributed by atoms with E-state index in [0.717, 1.165) is 31.6 Å².